The van der Waals surface area contributed by atoms with Gasteiger partial charge in [-0.1, -0.05) is 196 Å². The van der Waals surface area contributed by atoms with Crippen LogP contribution in [0.2, 0.25) is 0 Å². The minimum atomic E-state index is -0.197. The molecule has 2 heteroatoms. The number of hydrogen-bond donors (Lipinski definition) is 0. The van der Waals surface area contributed by atoms with Crippen LogP contribution in [0, 0.1) is 0 Å². The predicted molar refractivity (Wildman–Crippen MR) is 275 cm³/mol. The van der Waals surface area contributed by atoms with Crippen LogP contribution < -0.4 is 9.80 Å². The van der Waals surface area contributed by atoms with E-state index in [2.05, 4.69) is 278 Å². The predicted octanol–water partition coefficient (Wildman–Crippen LogP) is 17.6. The summed E-state index contributed by atoms with van der Waals surface area (Å²) in [5.74, 6) is 0. The zero-order valence-electron chi connectivity index (χ0n) is 36.6. The first-order valence-electron chi connectivity index (χ1n) is 22.5. The Hall–Kier alpha value is -8.20. The summed E-state index contributed by atoms with van der Waals surface area (Å²) in [6, 6.07) is 92.5. The molecule has 310 valence electrons. The van der Waals surface area contributed by atoms with Gasteiger partial charge in [0.2, 0.25) is 0 Å². The maximum absolute atomic E-state index is 2.48. The Balaban J connectivity index is 1.11. The molecular weight excluding hydrogens is 785 g/mol. The van der Waals surface area contributed by atoms with E-state index in [1.807, 2.05) is 0 Å². The number of fused-ring (bicyclic) bond motifs is 3. The summed E-state index contributed by atoms with van der Waals surface area (Å²) < 4.78 is 0. The van der Waals surface area contributed by atoms with E-state index in [9.17, 15) is 0 Å². The van der Waals surface area contributed by atoms with E-state index in [-0.39, 0.29) is 5.41 Å². The first-order chi connectivity index (χ1) is 32.0. The zero-order chi connectivity index (χ0) is 43.7. The molecule has 0 N–H and O–H groups in total. The molecule has 0 unspecified atom stereocenters. The Morgan fingerprint density at radius 2 is 0.662 bits per heavy atom. The number of anilines is 6. The van der Waals surface area contributed by atoms with Crippen LogP contribution in [-0.4, -0.2) is 0 Å². The van der Waals surface area contributed by atoms with E-state index >= 15 is 0 Å². The van der Waals surface area contributed by atoms with Gasteiger partial charge in [-0.15, -0.1) is 0 Å². The van der Waals surface area contributed by atoms with Gasteiger partial charge < -0.3 is 9.80 Å². The van der Waals surface area contributed by atoms with Crippen molar-refractivity contribution in [3.05, 3.63) is 266 Å². The van der Waals surface area contributed by atoms with E-state index < -0.39 is 0 Å². The van der Waals surface area contributed by atoms with Crippen LogP contribution in [0.15, 0.2) is 255 Å². The number of hydrogen-bond acceptors (Lipinski definition) is 2. The lowest BCUT2D eigenvalue weighted by molar-refractivity contribution is 0.660. The first-order valence-corrected chi connectivity index (χ1v) is 22.5. The van der Waals surface area contributed by atoms with Crippen LogP contribution in [0.25, 0.3) is 55.6 Å². The molecule has 0 saturated carbocycles. The van der Waals surface area contributed by atoms with Crippen LogP contribution in [-0.2, 0) is 5.41 Å². The van der Waals surface area contributed by atoms with E-state index in [1.54, 1.807) is 0 Å². The molecule has 0 radical (unpaired) electrons. The number of benzene rings is 10. The molecule has 1 aliphatic carbocycles. The van der Waals surface area contributed by atoms with Crippen LogP contribution in [0.3, 0.4) is 0 Å². The average molecular weight is 833 g/mol. The summed E-state index contributed by atoms with van der Waals surface area (Å²) in [4.78, 5) is 4.80. The third kappa shape index (κ3) is 7.39. The fourth-order valence-corrected chi connectivity index (χ4v) is 9.82. The highest BCUT2D eigenvalue weighted by Crippen LogP contribution is 2.54. The molecule has 0 aromatic heterocycles. The van der Waals surface area contributed by atoms with Gasteiger partial charge in [-0.05, 0) is 134 Å². The van der Waals surface area contributed by atoms with Gasteiger partial charge in [0.25, 0.3) is 0 Å². The highest BCUT2D eigenvalue weighted by molar-refractivity contribution is 5.96. The van der Waals surface area contributed by atoms with Gasteiger partial charge in [-0.25, -0.2) is 0 Å². The highest BCUT2D eigenvalue weighted by atomic mass is 15.1. The monoisotopic (exact) mass is 832 g/mol. The van der Waals surface area contributed by atoms with Crippen LogP contribution in [0.4, 0.5) is 34.1 Å². The van der Waals surface area contributed by atoms with E-state index in [0.29, 0.717) is 0 Å². The van der Waals surface area contributed by atoms with Crippen molar-refractivity contribution in [2.75, 3.05) is 9.80 Å². The molecule has 2 nitrogen and oxygen atoms in total. The van der Waals surface area contributed by atoms with Crippen LogP contribution in [0.1, 0.15) is 25.0 Å². The standard InChI is InChI=1S/C63H48N2/c1-63(2)60-33-18-17-32-57(60)59-43-58(48-36-38-52(39-37-48)64(50-25-11-5-12-26-50)51-27-13-6-14-28-51)62(44-61(59)63)65(54-29-19-24-49(42-54)45-20-7-3-8-21-45)53-40-34-47(35-41-53)56-31-16-15-30-55(56)46-22-9-4-10-23-46/h3-44H,1-2H3. The Labute approximate surface area is 383 Å². The van der Waals surface area contributed by atoms with Gasteiger partial charge in [0.15, 0.2) is 0 Å². The Bertz CT molecular complexity index is 3210. The van der Waals surface area contributed by atoms with Crippen molar-refractivity contribution in [1.82, 2.24) is 0 Å². The van der Waals surface area contributed by atoms with Crippen molar-refractivity contribution in [3.63, 3.8) is 0 Å². The number of nitrogens with zero attached hydrogens (tertiary/aromatic N) is 2. The van der Waals surface area contributed by atoms with Crippen molar-refractivity contribution >= 4 is 34.1 Å². The first kappa shape index (κ1) is 39.6. The SMILES string of the molecule is CC1(C)c2ccccc2-c2cc(-c3ccc(N(c4ccccc4)c4ccccc4)cc3)c(N(c3ccc(-c4ccccc4-c4ccccc4)cc3)c3cccc(-c4ccccc4)c3)cc21. The average Bonchev–Trinajstić information content (AvgIpc) is 3.60. The number of para-hydroxylation sites is 2. The molecular formula is C63H48N2. The molecule has 65 heavy (non-hydrogen) atoms. The molecule has 1 aliphatic rings. The summed E-state index contributed by atoms with van der Waals surface area (Å²) in [6.07, 6.45) is 0. The number of rotatable bonds is 10. The maximum Gasteiger partial charge on any atom is 0.0543 e. The second-order valence-electron chi connectivity index (χ2n) is 17.3. The molecule has 0 fully saturated rings. The summed E-state index contributed by atoms with van der Waals surface area (Å²) in [5.41, 5.74) is 21.2. The maximum atomic E-state index is 2.48. The van der Waals surface area contributed by atoms with Gasteiger partial charge in [-0.2, -0.15) is 0 Å². The second kappa shape index (κ2) is 16.8. The lowest BCUT2D eigenvalue weighted by Gasteiger charge is -2.31. The fraction of sp³-hybridized carbons (Fsp3) is 0.0476. The molecule has 10 aromatic rings. The fourth-order valence-electron chi connectivity index (χ4n) is 9.82. The van der Waals surface area contributed by atoms with Gasteiger partial charge in [-0.3, -0.25) is 0 Å². The van der Waals surface area contributed by atoms with Crippen molar-refractivity contribution in [1.29, 1.82) is 0 Å². The molecule has 0 aliphatic heterocycles. The van der Waals surface area contributed by atoms with Crippen molar-refractivity contribution in [3.8, 4) is 55.6 Å². The molecule has 10 aromatic carbocycles. The molecule has 0 atom stereocenters. The molecule has 0 bridgehead atoms. The summed E-state index contributed by atoms with van der Waals surface area (Å²) in [5, 5.41) is 0. The van der Waals surface area contributed by atoms with Crippen LogP contribution in [0.5, 0.6) is 0 Å². The molecule has 11 rings (SSSR count). The molecule has 0 heterocycles. The minimum absolute atomic E-state index is 0.197. The topological polar surface area (TPSA) is 6.48 Å². The Morgan fingerprint density at radius 1 is 0.246 bits per heavy atom. The minimum Gasteiger partial charge on any atom is -0.311 e. The van der Waals surface area contributed by atoms with Gasteiger partial charge in [0.05, 0.1) is 5.69 Å². The smallest absolute Gasteiger partial charge is 0.0543 e. The largest absolute Gasteiger partial charge is 0.311 e. The lowest BCUT2D eigenvalue weighted by atomic mass is 9.81. The van der Waals surface area contributed by atoms with E-state index in [4.69, 9.17) is 0 Å². The van der Waals surface area contributed by atoms with Crippen molar-refractivity contribution < 1.29 is 0 Å². The van der Waals surface area contributed by atoms with Crippen molar-refractivity contribution in [2.45, 2.75) is 19.3 Å². The zero-order valence-corrected chi connectivity index (χ0v) is 36.6. The summed E-state index contributed by atoms with van der Waals surface area (Å²) >= 11 is 0. The third-order valence-electron chi connectivity index (χ3n) is 13.1. The normalized spacial score (nSPS) is 12.3. The van der Waals surface area contributed by atoms with E-state index in [0.717, 1.165) is 45.3 Å². The van der Waals surface area contributed by atoms with Gasteiger partial charge in [0, 0.05) is 39.4 Å². The molecule has 0 saturated heterocycles. The summed E-state index contributed by atoms with van der Waals surface area (Å²) in [6.45, 7) is 4.74. The van der Waals surface area contributed by atoms with E-state index in [1.165, 1.54) is 55.6 Å². The van der Waals surface area contributed by atoms with Crippen LogP contribution >= 0.6 is 0 Å². The van der Waals surface area contributed by atoms with Gasteiger partial charge in [0.1, 0.15) is 0 Å². The Morgan fingerprint density at radius 3 is 1.25 bits per heavy atom. The Kier molecular flexibility index (Phi) is 10.3. The highest BCUT2D eigenvalue weighted by Gasteiger charge is 2.37. The molecule has 0 spiro atoms. The summed E-state index contributed by atoms with van der Waals surface area (Å²) in [7, 11) is 0. The molecule has 0 amide bonds. The lowest BCUT2D eigenvalue weighted by Crippen LogP contribution is -2.17. The second-order valence-corrected chi connectivity index (χ2v) is 17.3. The van der Waals surface area contributed by atoms with Gasteiger partial charge >= 0.3 is 0 Å². The van der Waals surface area contributed by atoms with Crippen molar-refractivity contribution in [2.24, 2.45) is 0 Å². The third-order valence-corrected chi connectivity index (χ3v) is 13.1. The quantitative estimate of drug-likeness (QED) is 0.135.